The lowest BCUT2D eigenvalue weighted by atomic mass is 10.3. The van der Waals surface area contributed by atoms with Gasteiger partial charge in [0.15, 0.2) is 0 Å². The zero-order valence-corrected chi connectivity index (χ0v) is 11.9. The normalized spacial score (nSPS) is 20.2. The van der Waals surface area contributed by atoms with Gasteiger partial charge in [-0.15, -0.1) is 0 Å². The fourth-order valence-electron chi connectivity index (χ4n) is 1.87. The van der Waals surface area contributed by atoms with Crippen LogP contribution in [0.3, 0.4) is 0 Å². The van der Waals surface area contributed by atoms with Crippen molar-refractivity contribution >= 4 is 27.5 Å². The van der Waals surface area contributed by atoms with E-state index in [9.17, 15) is 18.5 Å². The number of nitro benzene ring substituents is 1. The molecule has 2 rings (SSSR count). The van der Waals surface area contributed by atoms with Gasteiger partial charge in [-0.3, -0.25) is 10.1 Å². The monoisotopic (exact) mass is 313 g/mol. The fourth-order valence-corrected chi connectivity index (χ4v) is 4.63. The largest absolute Gasteiger partial charge is 0.270 e. The molecule has 1 fully saturated rings. The van der Waals surface area contributed by atoms with E-state index >= 15 is 0 Å². The van der Waals surface area contributed by atoms with E-state index in [4.69, 9.17) is 5.26 Å². The summed E-state index contributed by atoms with van der Waals surface area (Å²) >= 11 is 1.51. The van der Waals surface area contributed by atoms with Crippen molar-refractivity contribution in [3.63, 3.8) is 0 Å². The van der Waals surface area contributed by atoms with E-state index < -0.39 is 21.0 Å². The van der Waals surface area contributed by atoms with Gasteiger partial charge >= 0.3 is 0 Å². The zero-order chi connectivity index (χ0) is 14.8. The quantitative estimate of drug-likeness (QED) is 0.614. The minimum Gasteiger partial charge on any atom is -0.258 e. The molecule has 1 aromatic carbocycles. The van der Waals surface area contributed by atoms with E-state index in [0.29, 0.717) is 11.5 Å². The Bertz CT molecular complexity index is 668. The number of nitrogens with zero attached hydrogens (tertiary/aromatic N) is 3. The molecule has 0 bridgehead atoms. The van der Waals surface area contributed by atoms with Gasteiger partial charge in [-0.1, -0.05) is 6.07 Å². The molecule has 20 heavy (non-hydrogen) atoms. The first-order valence-electron chi connectivity index (χ1n) is 5.70. The second kappa shape index (κ2) is 5.78. The molecule has 1 aromatic rings. The zero-order valence-electron chi connectivity index (χ0n) is 10.3. The Morgan fingerprint density at radius 3 is 2.90 bits per heavy atom. The van der Waals surface area contributed by atoms with Crippen LogP contribution in [-0.4, -0.2) is 41.7 Å². The summed E-state index contributed by atoms with van der Waals surface area (Å²) in [6, 6.07) is 6.10. The Morgan fingerprint density at radius 1 is 1.50 bits per heavy atom. The van der Waals surface area contributed by atoms with Crippen molar-refractivity contribution in [1.29, 1.82) is 5.26 Å². The van der Waals surface area contributed by atoms with Crippen molar-refractivity contribution in [1.82, 2.24) is 4.31 Å². The molecule has 0 spiro atoms. The number of nitriles is 1. The molecule has 0 aromatic heterocycles. The number of sulfonamides is 1. The van der Waals surface area contributed by atoms with E-state index in [1.807, 2.05) is 6.07 Å². The maximum Gasteiger partial charge on any atom is 0.270 e. The third kappa shape index (κ3) is 2.77. The second-order valence-corrected chi connectivity index (χ2v) is 7.13. The average molecular weight is 313 g/mol. The Hall–Kier alpha value is -1.63. The fraction of sp³-hybridized carbons (Fsp3) is 0.364. The molecule has 9 heteroatoms. The molecule has 0 aliphatic carbocycles. The van der Waals surface area contributed by atoms with Gasteiger partial charge in [0.1, 0.15) is 6.04 Å². The molecular weight excluding hydrogens is 302 g/mol. The summed E-state index contributed by atoms with van der Waals surface area (Å²) in [5.41, 5.74) is -0.286. The highest BCUT2D eigenvalue weighted by molar-refractivity contribution is 7.99. The van der Waals surface area contributed by atoms with Crippen LogP contribution in [0.2, 0.25) is 0 Å². The summed E-state index contributed by atoms with van der Waals surface area (Å²) in [4.78, 5) is 9.92. The minimum absolute atomic E-state index is 0.154. The highest BCUT2D eigenvalue weighted by atomic mass is 32.2. The number of non-ortho nitro benzene ring substituents is 1. The molecule has 0 saturated carbocycles. The highest BCUT2D eigenvalue weighted by Crippen LogP contribution is 2.26. The van der Waals surface area contributed by atoms with Crippen LogP contribution < -0.4 is 0 Å². The summed E-state index contributed by atoms with van der Waals surface area (Å²) in [7, 11) is -3.89. The van der Waals surface area contributed by atoms with Crippen molar-refractivity contribution in [2.24, 2.45) is 0 Å². The van der Waals surface area contributed by atoms with Gasteiger partial charge < -0.3 is 0 Å². The summed E-state index contributed by atoms with van der Waals surface area (Å²) in [6.07, 6.45) is 0. The van der Waals surface area contributed by atoms with Crippen LogP contribution >= 0.6 is 11.8 Å². The van der Waals surface area contributed by atoms with Crippen LogP contribution in [0.15, 0.2) is 29.2 Å². The molecule has 106 valence electrons. The number of benzene rings is 1. The van der Waals surface area contributed by atoms with Gasteiger partial charge in [0, 0.05) is 30.2 Å². The van der Waals surface area contributed by atoms with Crippen molar-refractivity contribution < 1.29 is 13.3 Å². The number of hydrogen-bond donors (Lipinski definition) is 0. The average Bonchev–Trinajstić information content (AvgIpc) is 2.47. The Balaban J connectivity index is 2.42. The minimum atomic E-state index is -3.89. The Kier molecular flexibility index (Phi) is 4.27. The van der Waals surface area contributed by atoms with Crippen LogP contribution in [-0.2, 0) is 10.0 Å². The lowest BCUT2D eigenvalue weighted by molar-refractivity contribution is -0.385. The molecule has 0 unspecified atom stereocenters. The van der Waals surface area contributed by atoms with Crippen LogP contribution in [0, 0.1) is 21.4 Å². The molecule has 1 aliphatic heterocycles. The lowest BCUT2D eigenvalue weighted by Gasteiger charge is -2.29. The molecule has 0 radical (unpaired) electrons. The molecule has 1 saturated heterocycles. The number of hydrogen-bond acceptors (Lipinski definition) is 6. The third-order valence-electron chi connectivity index (χ3n) is 2.86. The van der Waals surface area contributed by atoms with E-state index in [2.05, 4.69) is 0 Å². The van der Waals surface area contributed by atoms with E-state index in [0.717, 1.165) is 10.4 Å². The smallest absolute Gasteiger partial charge is 0.258 e. The molecule has 0 amide bonds. The van der Waals surface area contributed by atoms with Crippen LogP contribution in [0.4, 0.5) is 5.69 Å². The predicted molar refractivity (Wildman–Crippen MR) is 73.7 cm³/mol. The first kappa shape index (κ1) is 14.8. The third-order valence-corrected chi connectivity index (χ3v) is 5.79. The van der Waals surface area contributed by atoms with Gasteiger partial charge in [-0.05, 0) is 6.07 Å². The summed E-state index contributed by atoms with van der Waals surface area (Å²) < 4.78 is 26.1. The lowest BCUT2D eigenvalue weighted by Crippen LogP contribution is -2.45. The Labute approximate surface area is 120 Å². The topological polar surface area (TPSA) is 104 Å². The van der Waals surface area contributed by atoms with Gasteiger partial charge in [-0.25, -0.2) is 8.42 Å². The molecule has 1 atom stereocenters. The number of rotatable bonds is 3. The maximum atomic E-state index is 12.5. The van der Waals surface area contributed by atoms with Gasteiger partial charge in [0.25, 0.3) is 5.69 Å². The summed E-state index contributed by atoms with van der Waals surface area (Å²) in [5.74, 6) is 1.01. The van der Waals surface area contributed by atoms with Gasteiger partial charge in [0.2, 0.25) is 10.0 Å². The van der Waals surface area contributed by atoms with Gasteiger partial charge in [0.05, 0.1) is 15.9 Å². The van der Waals surface area contributed by atoms with E-state index in [1.165, 1.54) is 30.0 Å². The first-order valence-corrected chi connectivity index (χ1v) is 8.30. The summed E-state index contributed by atoms with van der Waals surface area (Å²) in [5, 5.41) is 19.8. The summed E-state index contributed by atoms with van der Waals surface area (Å²) in [6.45, 7) is 0.230. The van der Waals surface area contributed by atoms with E-state index in [-0.39, 0.29) is 17.1 Å². The Morgan fingerprint density at radius 2 is 2.25 bits per heavy atom. The van der Waals surface area contributed by atoms with Gasteiger partial charge in [-0.2, -0.15) is 21.3 Å². The molecule has 7 nitrogen and oxygen atoms in total. The van der Waals surface area contributed by atoms with E-state index in [1.54, 1.807) is 0 Å². The maximum absolute atomic E-state index is 12.5. The molecular formula is C11H11N3O4S2. The van der Waals surface area contributed by atoms with Crippen LogP contribution in [0.1, 0.15) is 0 Å². The van der Waals surface area contributed by atoms with Crippen molar-refractivity contribution in [2.75, 3.05) is 18.1 Å². The van der Waals surface area contributed by atoms with Crippen LogP contribution in [0.25, 0.3) is 0 Å². The highest BCUT2D eigenvalue weighted by Gasteiger charge is 2.34. The van der Waals surface area contributed by atoms with Crippen molar-refractivity contribution in [3.8, 4) is 6.07 Å². The van der Waals surface area contributed by atoms with Crippen molar-refractivity contribution in [2.45, 2.75) is 10.9 Å². The molecule has 0 N–H and O–H groups in total. The number of nitro groups is 1. The standard InChI is InChI=1S/C11H11N3O4S2/c12-7-10-8-19-5-4-13(10)20(17,18)11-3-1-2-9(6-11)14(15)16/h1-3,6,10H,4-5,8H2/t10-/m0/s1. The number of thioether (sulfide) groups is 1. The molecule has 1 aliphatic rings. The van der Waals surface area contributed by atoms with Crippen LogP contribution in [0.5, 0.6) is 0 Å². The first-order chi connectivity index (χ1) is 9.46. The molecule has 1 heterocycles. The SMILES string of the molecule is N#C[C@H]1CSCCN1S(=O)(=O)c1cccc([N+](=O)[O-])c1. The predicted octanol–water partition coefficient (Wildman–Crippen LogP) is 1.22. The van der Waals surface area contributed by atoms with Crippen molar-refractivity contribution in [3.05, 3.63) is 34.4 Å². The second-order valence-electron chi connectivity index (χ2n) is 4.09.